The van der Waals surface area contributed by atoms with Crippen molar-refractivity contribution >= 4 is 0 Å². The minimum Gasteiger partial charge on any atom is -0.393 e. The fourth-order valence-corrected chi connectivity index (χ4v) is 11.0. The van der Waals surface area contributed by atoms with E-state index in [4.69, 9.17) is 4.74 Å². The van der Waals surface area contributed by atoms with E-state index in [1.807, 2.05) is 0 Å². The van der Waals surface area contributed by atoms with Crippen molar-refractivity contribution in [2.45, 2.75) is 143 Å². The molecule has 4 aliphatic carbocycles. The van der Waals surface area contributed by atoms with Gasteiger partial charge in [0.05, 0.1) is 6.10 Å². The van der Waals surface area contributed by atoms with Crippen molar-refractivity contribution in [2.75, 3.05) is 0 Å². The molecule has 0 aromatic carbocycles. The normalized spacial score (nSPS) is 54.4. The Labute approximate surface area is 198 Å². The highest BCUT2D eigenvalue weighted by Crippen LogP contribution is 2.86. The standard InChI is InChI=1S/C30H52O2/c1-20(2)10-9-11-21(3)22-12-16-28(8)26(22,6)18-19-29-27(7)15-14-24(31)25(4,5)23(27)13-17-30(28,29)32-29/h20-24,31H,9-19H2,1-8H3. The van der Waals surface area contributed by atoms with E-state index < -0.39 is 0 Å². The summed E-state index contributed by atoms with van der Waals surface area (Å²) in [4.78, 5) is 0. The molecule has 0 spiro atoms. The Morgan fingerprint density at radius 3 is 2.19 bits per heavy atom. The van der Waals surface area contributed by atoms with Crippen LogP contribution in [0.2, 0.25) is 0 Å². The Balaban J connectivity index is 1.44. The second-order valence-corrected chi connectivity index (χ2v) is 14.8. The van der Waals surface area contributed by atoms with E-state index in [0.717, 1.165) is 30.6 Å². The Bertz CT molecular complexity index is 758. The second kappa shape index (κ2) is 6.99. The van der Waals surface area contributed by atoms with Gasteiger partial charge in [-0.3, -0.25) is 0 Å². The van der Waals surface area contributed by atoms with Crippen molar-refractivity contribution in [3.05, 3.63) is 0 Å². The molecule has 9 unspecified atom stereocenters. The van der Waals surface area contributed by atoms with Gasteiger partial charge in [-0.1, -0.05) is 74.7 Å². The summed E-state index contributed by atoms with van der Waals surface area (Å²) in [5.74, 6) is 3.09. The summed E-state index contributed by atoms with van der Waals surface area (Å²) in [6.45, 7) is 19.9. The van der Waals surface area contributed by atoms with Crippen LogP contribution in [-0.4, -0.2) is 22.4 Å². The second-order valence-electron chi connectivity index (χ2n) is 14.8. The van der Waals surface area contributed by atoms with Crippen molar-refractivity contribution in [1.82, 2.24) is 0 Å². The lowest BCUT2D eigenvalue weighted by atomic mass is 9.38. The van der Waals surface area contributed by atoms with E-state index in [0.29, 0.717) is 16.7 Å². The molecule has 2 nitrogen and oxygen atoms in total. The number of rotatable bonds is 5. The first-order valence-corrected chi connectivity index (χ1v) is 14.2. The Morgan fingerprint density at radius 1 is 0.781 bits per heavy atom. The van der Waals surface area contributed by atoms with Crippen LogP contribution in [0.25, 0.3) is 0 Å². The molecule has 0 amide bonds. The molecule has 0 aromatic heterocycles. The van der Waals surface area contributed by atoms with Crippen molar-refractivity contribution in [3.8, 4) is 0 Å². The lowest BCUT2D eigenvalue weighted by Gasteiger charge is -2.64. The summed E-state index contributed by atoms with van der Waals surface area (Å²) < 4.78 is 7.26. The van der Waals surface area contributed by atoms with Gasteiger partial charge in [-0.25, -0.2) is 0 Å². The number of aliphatic hydroxyl groups is 1. The van der Waals surface area contributed by atoms with Crippen molar-refractivity contribution in [1.29, 1.82) is 0 Å². The molecule has 184 valence electrons. The van der Waals surface area contributed by atoms with Gasteiger partial charge in [-0.2, -0.15) is 0 Å². The fraction of sp³-hybridized carbons (Fsp3) is 1.00. The van der Waals surface area contributed by atoms with Crippen molar-refractivity contribution < 1.29 is 9.84 Å². The third-order valence-electron chi connectivity index (χ3n) is 13.2. The van der Waals surface area contributed by atoms with E-state index >= 15 is 0 Å². The largest absolute Gasteiger partial charge is 0.393 e. The zero-order valence-corrected chi connectivity index (χ0v) is 22.5. The van der Waals surface area contributed by atoms with Gasteiger partial charge >= 0.3 is 0 Å². The van der Waals surface area contributed by atoms with Crippen LogP contribution >= 0.6 is 0 Å². The minimum atomic E-state index is -0.157. The summed E-state index contributed by atoms with van der Waals surface area (Å²) in [6.07, 6.45) is 13.9. The maximum absolute atomic E-state index is 10.9. The number of aliphatic hydroxyl groups excluding tert-OH is 1. The van der Waals surface area contributed by atoms with E-state index in [-0.39, 0.29) is 28.1 Å². The van der Waals surface area contributed by atoms with Gasteiger partial charge in [-0.15, -0.1) is 0 Å². The van der Waals surface area contributed by atoms with Crippen LogP contribution < -0.4 is 0 Å². The highest BCUT2D eigenvalue weighted by molar-refractivity contribution is 5.38. The Morgan fingerprint density at radius 2 is 1.50 bits per heavy atom. The zero-order chi connectivity index (χ0) is 23.4. The van der Waals surface area contributed by atoms with Crippen LogP contribution in [0.4, 0.5) is 0 Å². The first-order valence-electron chi connectivity index (χ1n) is 14.2. The molecule has 4 saturated carbocycles. The SMILES string of the molecule is CC(C)CCCC(C)C1CCC2(C)C1(C)CCC13OC21CCC1C(C)(C)C(O)CCC13C. The molecule has 2 heteroatoms. The van der Waals surface area contributed by atoms with Crippen LogP contribution in [0, 0.1) is 45.3 Å². The van der Waals surface area contributed by atoms with E-state index in [9.17, 15) is 5.11 Å². The van der Waals surface area contributed by atoms with Crippen LogP contribution in [0.1, 0.15) is 126 Å². The average Bonchev–Trinajstić information content (AvgIpc) is 3.34. The Kier molecular flexibility index (Phi) is 5.17. The van der Waals surface area contributed by atoms with Gasteiger partial charge in [0.15, 0.2) is 0 Å². The number of epoxide rings is 1. The van der Waals surface area contributed by atoms with Gasteiger partial charge in [0.1, 0.15) is 11.2 Å². The van der Waals surface area contributed by atoms with Crippen LogP contribution in [0.5, 0.6) is 0 Å². The lowest BCUT2D eigenvalue weighted by molar-refractivity contribution is -0.158. The predicted molar refractivity (Wildman–Crippen MR) is 132 cm³/mol. The zero-order valence-electron chi connectivity index (χ0n) is 22.5. The third kappa shape index (κ3) is 2.56. The number of hydrogen-bond acceptors (Lipinski definition) is 2. The van der Waals surface area contributed by atoms with Crippen molar-refractivity contribution in [2.24, 2.45) is 45.3 Å². The summed E-state index contributed by atoms with van der Waals surface area (Å²) in [5.41, 5.74) is 1.12. The molecule has 1 heterocycles. The molecule has 5 fully saturated rings. The molecule has 1 N–H and O–H groups in total. The van der Waals surface area contributed by atoms with Crippen molar-refractivity contribution in [3.63, 3.8) is 0 Å². The molecular formula is C30H52O2. The fourth-order valence-electron chi connectivity index (χ4n) is 11.0. The molecule has 0 radical (unpaired) electrons. The average molecular weight is 445 g/mol. The maximum atomic E-state index is 10.9. The summed E-state index contributed by atoms with van der Waals surface area (Å²) >= 11 is 0. The lowest BCUT2D eigenvalue weighted by Crippen LogP contribution is -2.66. The third-order valence-corrected chi connectivity index (χ3v) is 13.2. The highest BCUT2D eigenvalue weighted by atomic mass is 16.6. The summed E-state index contributed by atoms with van der Waals surface area (Å²) in [5, 5.41) is 10.9. The first-order chi connectivity index (χ1) is 14.8. The monoisotopic (exact) mass is 444 g/mol. The van der Waals surface area contributed by atoms with Gasteiger partial charge in [0.2, 0.25) is 0 Å². The number of fused-ring (bicyclic) bond motifs is 2. The van der Waals surface area contributed by atoms with Crippen LogP contribution in [0.3, 0.4) is 0 Å². The molecule has 9 atom stereocenters. The van der Waals surface area contributed by atoms with Crippen LogP contribution in [-0.2, 0) is 4.74 Å². The maximum Gasteiger partial charge on any atom is 0.104 e. The van der Waals surface area contributed by atoms with E-state index in [2.05, 4.69) is 55.4 Å². The molecule has 32 heavy (non-hydrogen) atoms. The van der Waals surface area contributed by atoms with Gasteiger partial charge in [0.25, 0.3) is 0 Å². The topological polar surface area (TPSA) is 32.8 Å². The van der Waals surface area contributed by atoms with E-state index in [1.165, 1.54) is 57.8 Å². The molecule has 5 aliphatic rings. The highest BCUT2D eigenvalue weighted by Gasteiger charge is 2.90. The van der Waals surface area contributed by atoms with Gasteiger partial charge < -0.3 is 9.84 Å². The number of hydrogen-bond donors (Lipinski definition) is 1. The van der Waals surface area contributed by atoms with Crippen LogP contribution in [0.15, 0.2) is 0 Å². The molecule has 0 aromatic rings. The smallest absolute Gasteiger partial charge is 0.104 e. The minimum absolute atomic E-state index is 0.00462. The summed E-state index contributed by atoms with van der Waals surface area (Å²) in [7, 11) is 0. The Hall–Kier alpha value is -0.0800. The van der Waals surface area contributed by atoms with Gasteiger partial charge in [-0.05, 0) is 85.9 Å². The first kappa shape index (κ1) is 23.7. The summed E-state index contributed by atoms with van der Waals surface area (Å²) in [6, 6.07) is 0. The van der Waals surface area contributed by atoms with Gasteiger partial charge in [0, 0.05) is 10.8 Å². The molecule has 1 saturated heterocycles. The molecule has 5 rings (SSSR count). The predicted octanol–water partition coefficient (Wildman–Crippen LogP) is 7.77. The number of ether oxygens (including phenoxy) is 1. The van der Waals surface area contributed by atoms with E-state index in [1.54, 1.807) is 0 Å². The quantitative estimate of drug-likeness (QED) is 0.439. The molecule has 0 bridgehead atoms. The molecule has 1 aliphatic heterocycles. The molecular weight excluding hydrogens is 392 g/mol.